The Bertz CT molecular complexity index is 481. The first-order valence-electron chi connectivity index (χ1n) is 7.41. The van der Waals surface area contributed by atoms with Crippen LogP contribution in [0.1, 0.15) is 36.8 Å². The van der Waals surface area contributed by atoms with Gasteiger partial charge < -0.3 is 19.9 Å². The van der Waals surface area contributed by atoms with E-state index in [0.29, 0.717) is 26.4 Å². The molecule has 0 unspecified atom stereocenters. The van der Waals surface area contributed by atoms with E-state index in [4.69, 9.17) is 19.9 Å². The van der Waals surface area contributed by atoms with Crippen LogP contribution < -0.4 is 15.2 Å². The molecule has 1 aliphatic carbocycles. The van der Waals surface area contributed by atoms with Gasteiger partial charge in [-0.15, -0.1) is 0 Å². The Morgan fingerprint density at radius 1 is 1.15 bits per heavy atom. The zero-order chi connectivity index (χ0) is 14.0. The number of benzene rings is 1. The third kappa shape index (κ3) is 2.27. The predicted molar refractivity (Wildman–Crippen MR) is 77.3 cm³/mol. The van der Waals surface area contributed by atoms with Gasteiger partial charge in [0.25, 0.3) is 0 Å². The van der Waals surface area contributed by atoms with Gasteiger partial charge >= 0.3 is 0 Å². The fourth-order valence-corrected chi connectivity index (χ4v) is 3.53. The van der Waals surface area contributed by atoms with E-state index in [2.05, 4.69) is 12.1 Å². The molecule has 20 heavy (non-hydrogen) atoms. The standard InChI is InChI=1S/C16H23NO3/c1-18-10-12-8-14-15(20-7-6-19-14)9-13(12)16(11-17)4-2-3-5-16/h8-9H,2-7,10-11,17H2,1H3. The van der Waals surface area contributed by atoms with E-state index in [0.717, 1.165) is 24.3 Å². The van der Waals surface area contributed by atoms with Crippen molar-refractivity contribution < 1.29 is 14.2 Å². The van der Waals surface area contributed by atoms with Crippen molar-refractivity contribution in [1.29, 1.82) is 0 Å². The first kappa shape index (κ1) is 13.7. The normalized spacial score (nSPS) is 20.1. The highest BCUT2D eigenvalue weighted by molar-refractivity contribution is 5.51. The van der Waals surface area contributed by atoms with Gasteiger partial charge in [0, 0.05) is 19.1 Å². The summed E-state index contributed by atoms with van der Waals surface area (Å²) in [5, 5.41) is 0. The number of methoxy groups -OCH3 is 1. The molecule has 1 heterocycles. The van der Waals surface area contributed by atoms with Gasteiger partial charge in [-0.3, -0.25) is 0 Å². The number of ether oxygens (including phenoxy) is 3. The molecule has 2 N–H and O–H groups in total. The number of nitrogens with two attached hydrogens (primary N) is 1. The molecule has 1 saturated carbocycles. The summed E-state index contributed by atoms with van der Waals surface area (Å²) in [6.07, 6.45) is 4.80. The Hall–Kier alpha value is -1.26. The molecule has 1 fully saturated rings. The molecule has 1 aromatic rings. The molecular formula is C16H23NO3. The fourth-order valence-electron chi connectivity index (χ4n) is 3.53. The second-order valence-corrected chi connectivity index (χ2v) is 5.78. The molecular weight excluding hydrogens is 254 g/mol. The van der Waals surface area contributed by atoms with E-state index in [1.807, 2.05) is 0 Å². The van der Waals surface area contributed by atoms with Crippen LogP contribution in [0, 0.1) is 0 Å². The molecule has 3 rings (SSSR count). The minimum atomic E-state index is 0.0870. The molecule has 110 valence electrons. The zero-order valence-corrected chi connectivity index (χ0v) is 12.1. The molecule has 0 amide bonds. The number of hydrogen-bond acceptors (Lipinski definition) is 4. The van der Waals surface area contributed by atoms with Crippen LogP contribution in [-0.2, 0) is 16.8 Å². The first-order valence-corrected chi connectivity index (χ1v) is 7.41. The summed E-state index contributed by atoms with van der Waals surface area (Å²) < 4.78 is 16.8. The van der Waals surface area contributed by atoms with Gasteiger partial charge in [0.1, 0.15) is 13.2 Å². The monoisotopic (exact) mass is 277 g/mol. The molecule has 0 spiro atoms. The van der Waals surface area contributed by atoms with Crippen LogP contribution in [0.3, 0.4) is 0 Å². The second kappa shape index (κ2) is 5.62. The van der Waals surface area contributed by atoms with Gasteiger partial charge in [0.2, 0.25) is 0 Å². The summed E-state index contributed by atoms with van der Waals surface area (Å²) in [4.78, 5) is 0. The molecule has 1 aromatic carbocycles. The number of rotatable bonds is 4. The predicted octanol–water partition coefficient (Wildman–Crippen LogP) is 2.37. The van der Waals surface area contributed by atoms with E-state index < -0.39 is 0 Å². The molecule has 0 saturated heterocycles. The highest BCUT2D eigenvalue weighted by Crippen LogP contribution is 2.45. The van der Waals surface area contributed by atoms with Crippen LogP contribution >= 0.6 is 0 Å². The van der Waals surface area contributed by atoms with Crippen LogP contribution in [0.25, 0.3) is 0 Å². The van der Waals surface area contributed by atoms with Crippen molar-refractivity contribution in [2.45, 2.75) is 37.7 Å². The lowest BCUT2D eigenvalue weighted by atomic mass is 9.76. The van der Waals surface area contributed by atoms with Crippen molar-refractivity contribution in [3.8, 4) is 11.5 Å². The van der Waals surface area contributed by atoms with Crippen molar-refractivity contribution >= 4 is 0 Å². The van der Waals surface area contributed by atoms with Crippen LogP contribution in [-0.4, -0.2) is 26.9 Å². The average Bonchev–Trinajstić information content (AvgIpc) is 2.97. The average molecular weight is 277 g/mol. The third-order valence-corrected chi connectivity index (χ3v) is 4.59. The maximum absolute atomic E-state index is 6.13. The van der Waals surface area contributed by atoms with E-state index in [1.54, 1.807) is 7.11 Å². The van der Waals surface area contributed by atoms with Crippen LogP contribution in [0.4, 0.5) is 0 Å². The molecule has 0 bridgehead atoms. The second-order valence-electron chi connectivity index (χ2n) is 5.78. The quantitative estimate of drug-likeness (QED) is 0.918. The van der Waals surface area contributed by atoms with Gasteiger partial charge in [-0.25, -0.2) is 0 Å². The largest absolute Gasteiger partial charge is 0.486 e. The van der Waals surface area contributed by atoms with Gasteiger partial charge in [0.05, 0.1) is 6.61 Å². The SMILES string of the molecule is COCc1cc2c(cc1C1(CN)CCCC1)OCCO2. The summed E-state index contributed by atoms with van der Waals surface area (Å²) in [6, 6.07) is 4.21. The van der Waals surface area contributed by atoms with Crippen LogP contribution in [0.5, 0.6) is 11.5 Å². The molecule has 0 atom stereocenters. The fraction of sp³-hybridized carbons (Fsp3) is 0.625. The van der Waals surface area contributed by atoms with Crippen molar-refractivity contribution in [2.24, 2.45) is 5.73 Å². The molecule has 4 nitrogen and oxygen atoms in total. The Balaban J connectivity index is 2.07. The zero-order valence-electron chi connectivity index (χ0n) is 12.1. The van der Waals surface area contributed by atoms with Crippen molar-refractivity contribution in [3.63, 3.8) is 0 Å². The van der Waals surface area contributed by atoms with E-state index in [9.17, 15) is 0 Å². The topological polar surface area (TPSA) is 53.7 Å². The highest BCUT2D eigenvalue weighted by Gasteiger charge is 2.37. The van der Waals surface area contributed by atoms with E-state index in [1.165, 1.54) is 24.0 Å². The molecule has 4 heteroatoms. The highest BCUT2D eigenvalue weighted by atomic mass is 16.6. The smallest absolute Gasteiger partial charge is 0.161 e. The van der Waals surface area contributed by atoms with Gasteiger partial charge in [0.15, 0.2) is 11.5 Å². The van der Waals surface area contributed by atoms with Crippen LogP contribution in [0.15, 0.2) is 12.1 Å². The number of hydrogen-bond donors (Lipinski definition) is 1. The summed E-state index contributed by atoms with van der Waals surface area (Å²) >= 11 is 0. The summed E-state index contributed by atoms with van der Waals surface area (Å²) in [5.41, 5.74) is 8.70. The maximum Gasteiger partial charge on any atom is 0.161 e. The van der Waals surface area contributed by atoms with Gasteiger partial charge in [-0.05, 0) is 36.1 Å². The van der Waals surface area contributed by atoms with E-state index >= 15 is 0 Å². The van der Waals surface area contributed by atoms with E-state index in [-0.39, 0.29) is 5.41 Å². The van der Waals surface area contributed by atoms with Crippen LogP contribution in [0.2, 0.25) is 0 Å². The Morgan fingerprint density at radius 3 is 2.40 bits per heavy atom. The molecule has 0 radical (unpaired) electrons. The Kier molecular flexibility index (Phi) is 3.85. The maximum atomic E-state index is 6.13. The van der Waals surface area contributed by atoms with Crippen molar-refractivity contribution in [2.75, 3.05) is 26.9 Å². The molecule has 2 aliphatic rings. The minimum Gasteiger partial charge on any atom is -0.486 e. The Morgan fingerprint density at radius 2 is 1.80 bits per heavy atom. The summed E-state index contributed by atoms with van der Waals surface area (Å²) in [5.74, 6) is 1.68. The molecule has 1 aliphatic heterocycles. The summed E-state index contributed by atoms with van der Waals surface area (Å²) in [6.45, 7) is 2.50. The minimum absolute atomic E-state index is 0.0870. The van der Waals surface area contributed by atoms with Crippen molar-refractivity contribution in [1.82, 2.24) is 0 Å². The summed E-state index contributed by atoms with van der Waals surface area (Å²) in [7, 11) is 1.73. The lowest BCUT2D eigenvalue weighted by Crippen LogP contribution is -2.33. The molecule has 0 aromatic heterocycles. The lowest BCUT2D eigenvalue weighted by Gasteiger charge is -2.32. The van der Waals surface area contributed by atoms with Crippen molar-refractivity contribution in [3.05, 3.63) is 23.3 Å². The first-order chi connectivity index (χ1) is 9.79. The van der Waals surface area contributed by atoms with Gasteiger partial charge in [-0.2, -0.15) is 0 Å². The third-order valence-electron chi connectivity index (χ3n) is 4.59. The Labute approximate surface area is 120 Å². The van der Waals surface area contributed by atoms with Gasteiger partial charge in [-0.1, -0.05) is 12.8 Å². The lowest BCUT2D eigenvalue weighted by molar-refractivity contribution is 0.165. The number of fused-ring (bicyclic) bond motifs is 1.